The topological polar surface area (TPSA) is 57.2 Å². The molecule has 0 N–H and O–H groups in total. The van der Waals surface area contributed by atoms with Gasteiger partial charge in [0.15, 0.2) is 11.5 Å². The first-order valence-corrected chi connectivity index (χ1v) is 11.0. The molecule has 164 valence electrons. The van der Waals surface area contributed by atoms with Gasteiger partial charge >= 0.3 is 0 Å². The second-order valence-electron chi connectivity index (χ2n) is 6.73. The third kappa shape index (κ3) is 6.22. The van der Waals surface area contributed by atoms with Gasteiger partial charge in [-0.3, -0.25) is 9.69 Å². The Hall–Kier alpha value is -2.55. The van der Waals surface area contributed by atoms with E-state index in [-0.39, 0.29) is 5.91 Å². The van der Waals surface area contributed by atoms with E-state index in [4.69, 9.17) is 31.2 Å². The molecule has 0 radical (unpaired) electrons. The average Bonchev–Trinajstić information content (AvgIpc) is 3.01. The van der Waals surface area contributed by atoms with Crippen LogP contribution >= 0.6 is 24.0 Å². The molecule has 2 aromatic rings. The number of para-hydroxylation sites is 1. The maximum absolute atomic E-state index is 12.2. The molecule has 8 heteroatoms. The molecule has 1 aliphatic heterocycles. The van der Waals surface area contributed by atoms with Crippen molar-refractivity contribution in [2.24, 2.45) is 0 Å². The number of amides is 1. The van der Waals surface area contributed by atoms with Crippen LogP contribution in [0.25, 0.3) is 6.08 Å². The zero-order chi connectivity index (χ0) is 22.2. The summed E-state index contributed by atoms with van der Waals surface area (Å²) in [4.78, 5) is 14.2. The molecule has 0 spiro atoms. The monoisotopic (exact) mass is 459 g/mol. The molecule has 2 aromatic carbocycles. The number of carbonyl (C=O) groups excluding carboxylic acids is 1. The molecular formula is C23H25NO5S2. The third-order valence-corrected chi connectivity index (χ3v) is 6.02. The summed E-state index contributed by atoms with van der Waals surface area (Å²) in [5.74, 6) is 1.97. The standard InChI is InChI=1S/C23H25NO5S2/c1-16-6-4-5-7-18(16)28-12-10-27-11-13-29-19-9-8-17(14-20(19)26-3)15-21-22(25)24(2)23(30)31-21/h4-9,14-15H,10-13H2,1-3H3/b21-15+. The number of nitrogens with zero attached hydrogens (tertiary/aromatic N) is 1. The van der Waals surface area contributed by atoms with Gasteiger partial charge in [0.05, 0.1) is 25.2 Å². The minimum atomic E-state index is -0.0992. The molecule has 31 heavy (non-hydrogen) atoms. The van der Waals surface area contributed by atoms with Crippen LogP contribution in [0.3, 0.4) is 0 Å². The first-order valence-electron chi connectivity index (χ1n) is 9.78. The van der Waals surface area contributed by atoms with Crippen LogP contribution in [0.1, 0.15) is 11.1 Å². The number of rotatable bonds is 10. The maximum Gasteiger partial charge on any atom is 0.265 e. The van der Waals surface area contributed by atoms with Gasteiger partial charge in [-0.05, 0) is 42.3 Å². The van der Waals surface area contributed by atoms with E-state index >= 15 is 0 Å². The SMILES string of the molecule is COc1cc(/C=C2/SC(=S)N(C)C2=O)ccc1OCCOCCOc1ccccc1C. The van der Waals surface area contributed by atoms with E-state index in [0.29, 0.717) is 47.2 Å². The summed E-state index contributed by atoms with van der Waals surface area (Å²) in [7, 11) is 3.25. The Morgan fingerprint density at radius 3 is 2.35 bits per heavy atom. The molecule has 6 nitrogen and oxygen atoms in total. The molecule has 3 rings (SSSR count). The van der Waals surface area contributed by atoms with Crippen molar-refractivity contribution < 1.29 is 23.7 Å². The van der Waals surface area contributed by atoms with Crippen LogP contribution in [0.15, 0.2) is 47.4 Å². The highest BCUT2D eigenvalue weighted by molar-refractivity contribution is 8.26. The fourth-order valence-electron chi connectivity index (χ4n) is 2.83. The summed E-state index contributed by atoms with van der Waals surface area (Å²) in [6, 6.07) is 13.4. The predicted octanol–water partition coefficient (Wildman–Crippen LogP) is 4.31. The number of ether oxygens (including phenoxy) is 4. The number of thiocarbonyl (C=S) groups is 1. The number of methoxy groups -OCH3 is 1. The summed E-state index contributed by atoms with van der Waals surface area (Å²) >= 11 is 6.45. The second-order valence-corrected chi connectivity index (χ2v) is 8.40. The van der Waals surface area contributed by atoms with Gasteiger partial charge < -0.3 is 18.9 Å². The number of aryl methyl sites for hydroxylation is 1. The van der Waals surface area contributed by atoms with Crippen LogP contribution < -0.4 is 14.2 Å². The van der Waals surface area contributed by atoms with Crippen molar-refractivity contribution in [3.05, 3.63) is 58.5 Å². The first kappa shape index (κ1) is 23.1. The van der Waals surface area contributed by atoms with Crippen LogP contribution in [0, 0.1) is 6.92 Å². The molecule has 0 aromatic heterocycles. The van der Waals surface area contributed by atoms with E-state index in [0.717, 1.165) is 16.9 Å². The molecule has 1 aliphatic rings. The van der Waals surface area contributed by atoms with Crippen molar-refractivity contribution in [1.29, 1.82) is 0 Å². The maximum atomic E-state index is 12.2. The largest absolute Gasteiger partial charge is 0.493 e. The summed E-state index contributed by atoms with van der Waals surface area (Å²) in [6.07, 6.45) is 1.80. The van der Waals surface area contributed by atoms with E-state index in [1.807, 2.05) is 49.4 Å². The van der Waals surface area contributed by atoms with Crippen molar-refractivity contribution in [3.63, 3.8) is 0 Å². The van der Waals surface area contributed by atoms with Crippen molar-refractivity contribution in [2.45, 2.75) is 6.92 Å². The minimum absolute atomic E-state index is 0.0992. The predicted molar refractivity (Wildman–Crippen MR) is 127 cm³/mol. The number of hydrogen-bond donors (Lipinski definition) is 0. The Morgan fingerprint density at radius 2 is 1.71 bits per heavy atom. The lowest BCUT2D eigenvalue weighted by molar-refractivity contribution is -0.121. The fraction of sp³-hybridized carbons (Fsp3) is 0.304. The zero-order valence-corrected chi connectivity index (χ0v) is 19.4. The van der Waals surface area contributed by atoms with Gasteiger partial charge in [-0.25, -0.2) is 0 Å². The van der Waals surface area contributed by atoms with Gasteiger partial charge in [-0.2, -0.15) is 0 Å². The molecule has 1 fully saturated rings. The number of hydrogen-bond acceptors (Lipinski definition) is 7. The lowest BCUT2D eigenvalue weighted by atomic mass is 10.2. The average molecular weight is 460 g/mol. The third-order valence-electron chi connectivity index (χ3n) is 4.54. The molecule has 0 bridgehead atoms. The first-order chi connectivity index (χ1) is 15.0. The molecule has 0 aliphatic carbocycles. The quantitative estimate of drug-likeness (QED) is 0.298. The smallest absolute Gasteiger partial charge is 0.265 e. The number of likely N-dealkylation sites (N-methyl/N-ethyl adjacent to an activating group) is 1. The number of carbonyl (C=O) groups is 1. The lowest BCUT2D eigenvalue weighted by Crippen LogP contribution is -2.22. The highest BCUT2D eigenvalue weighted by atomic mass is 32.2. The molecular weight excluding hydrogens is 434 g/mol. The normalized spacial score (nSPS) is 14.9. The van der Waals surface area contributed by atoms with Crippen LogP contribution in [0.5, 0.6) is 17.2 Å². The fourth-order valence-corrected chi connectivity index (χ4v) is 4.01. The number of benzene rings is 2. The minimum Gasteiger partial charge on any atom is -0.493 e. The summed E-state index contributed by atoms with van der Waals surface area (Å²) < 4.78 is 23.0. The zero-order valence-electron chi connectivity index (χ0n) is 17.8. The van der Waals surface area contributed by atoms with Gasteiger partial charge in [0.2, 0.25) is 0 Å². The van der Waals surface area contributed by atoms with Gasteiger partial charge in [-0.1, -0.05) is 48.2 Å². The summed E-state index contributed by atoms with van der Waals surface area (Å²) in [6.45, 7) is 3.78. The van der Waals surface area contributed by atoms with Gasteiger partial charge in [0.25, 0.3) is 5.91 Å². The molecule has 0 unspecified atom stereocenters. The van der Waals surface area contributed by atoms with Crippen LogP contribution in [0.4, 0.5) is 0 Å². The highest BCUT2D eigenvalue weighted by Gasteiger charge is 2.28. The van der Waals surface area contributed by atoms with E-state index in [9.17, 15) is 4.79 Å². The van der Waals surface area contributed by atoms with Crippen molar-refractivity contribution in [2.75, 3.05) is 40.6 Å². The Bertz CT molecular complexity index is 976. The van der Waals surface area contributed by atoms with Gasteiger partial charge in [0.1, 0.15) is 23.3 Å². The van der Waals surface area contributed by atoms with Crippen molar-refractivity contribution >= 4 is 40.3 Å². The number of thioether (sulfide) groups is 1. The van der Waals surface area contributed by atoms with Crippen molar-refractivity contribution in [1.82, 2.24) is 4.90 Å². The Morgan fingerprint density at radius 1 is 1.00 bits per heavy atom. The summed E-state index contributed by atoms with van der Waals surface area (Å²) in [5.41, 5.74) is 1.94. The lowest BCUT2D eigenvalue weighted by Gasteiger charge is -2.12. The molecule has 1 amide bonds. The second kappa shape index (κ2) is 11.2. The van der Waals surface area contributed by atoms with Gasteiger partial charge in [0, 0.05) is 7.05 Å². The Balaban J connectivity index is 1.45. The van der Waals surface area contributed by atoms with Crippen LogP contribution in [-0.4, -0.2) is 55.7 Å². The van der Waals surface area contributed by atoms with E-state index in [2.05, 4.69) is 0 Å². The Kier molecular flexibility index (Phi) is 8.34. The molecule has 0 atom stereocenters. The molecule has 1 saturated heterocycles. The summed E-state index contributed by atoms with van der Waals surface area (Å²) in [5, 5.41) is 0. The van der Waals surface area contributed by atoms with Crippen LogP contribution in [-0.2, 0) is 9.53 Å². The molecule has 1 heterocycles. The van der Waals surface area contributed by atoms with Crippen LogP contribution in [0.2, 0.25) is 0 Å². The van der Waals surface area contributed by atoms with E-state index in [1.165, 1.54) is 16.7 Å². The molecule has 0 saturated carbocycles. The highest BCUT2D eigenvalue weighted by Crippen LogP contribution is 2.34. The van der Waals surface area contributed by atoms with Crippen molar-refractivity contribution in [3.8, 4) is 17.2 Å². The van der Waals surface area contributed by atoms with E-state index in [1.54, 1.807) is 20.2 Å². The Labute approximate surface area is 192 Å². The van der Waals surface area contributed by atoms with Gasteiger partial charge in [-0.15, -0.1) is 0 Å². The van der Waals surface area contributed by atoms with E-state index < -0.39 is 0 Å².